The van der Waals surface area contributed by atoms with E-state index < -0.39 is 11.4 Å². The van der Waals surface area contributed by atoms with Crippen molar-refractivity contribution in [2.45, 2.75) is 31.8 Å². The smallest absolute Gasteiger partial charge is 0.304 e. The van der Waals surface area contributed by atoms with Gasteiger partial charge in [0.1, 0.15) is 16.8 Å². The predicted molar refractivity (Wildman–Crippen MR) is 141 cm³/mol. The quantitative estimate of drug-likeness (QED) is 0.454. The van der Waals surface area contributed by atoms with E-state index >= 15 is 0 Å². The number of amides is 1. The molecule has 0 bridgehead atoms. The van der Waals surface area contributed by atoms with E-state index in [2.05, 4.69) is 37.4 Å². The first-order valence-corrected chi connectivity index (χ1v) is 13.0. The standard InChI is InChI=1S/C27H32N4O4S/c1-31(2,3)19-15-30(16-19)21-9-20-23(10-22(21)35-4)36-24(29-20)14-28-26(34)27(13-25(32)33)11-17-7-5-6-8-18(17)12-27/h5-10,19H,11-16H2,1-4H3,(H-,28,32,33,34)/p+1. The number of thiazole rings is 1. The van der Waals surface area contributed by atoms with Gasteiger partial charge in [0, 0.05) is 6.07 Å². The molecule has 190 valence electrons. The Morgan fingerprint density at radius 3 is 2.44 bits per heavy atom. The summed E-state index contributed by atoms with van der Waals surface area (Å²) in [5.74, 6) is -0.368. The molecule has 1 saturated heterocycles. The lowest BCUT2D eigenvalue weighted by molar-refractivity contribution is -0.896. The fraction of sp³-hybridized carbons (Fsp3) is 0.444. The molecule has 1 amide bonds. The Kier molecular flexibility index (Phi) is 6.16. The molecule has 2 aliphatic rings. The Balaban J connectivity index is 1.32. The number of benzene rings is 2. The number of carbonyl (C=O) groups is 2. The molecule has 1 fully saturated rings. The Hall–Kier alpha value is -3.17. The second kappa shape index (κ2) is 9.05. The van der Waals surface area contributed by atoms with Gasteiger partial charge in [-0.05, 0) is 30.0 Å². The lowest BCUT2D eigenvalue weighted by Crippen LogP contribution is -2.64. The number of carboxylic acids is 1. The molecular weight excluding hydrogens is 476 g/mol. The highest BCUT2D eigenvalue weighted by Crippen LogP contribution is 2.41. The molecule has 1 aromatic heterocycles. The van der Waals surface area contributed by atoms with Gasteiger partial charge >= 0.3 is 5.97 Å². The highest BCUT2D eigenvalue weighted by atomic mass is 32.1. The van der Waals surface area contributed by atoms with Gasteiger partial charge in [0.25, 0.3) is 0 Å². The number of hydrogen-bond donors (Lipinski definition) is 2. The van der Waals surface area contributed by atoms with Crippen LogP contribution in [0.1, 0.15) is 22.6 Å². The number of carbonyl (C=O) groups excluding carboxylic acids is 1. The van der Waals surface area contributed by atoms with Crippen molar-refractivity contribution in [2.24, 2.45) is 5.41 Å². The number of aromatic nitrogens is 1. The molecule has 1 aliphatic heterocycles. The van der Waals surface area contributed by atoms with Gasteiger partial charge in [-0.25, -0.2) is 4.98 Å². The van der Waals surface area contributed by atoms with Gasteiger partial charge in [-0.15, -0.1) is 11.3 Å². The zero-order valence-electron chi connectivity index (χ0n) is 21.2. The van der Waals surface area contributed by atoms with Gasteiger partial charge in [0.15, 0.2) is 0 Å². The summed E-state index contributed by atoms with van der Waals surface area (Å²) in [5, 5.41) is 13.3. The Morgan fingerprint density at radius 1 is 1.19 bits per heavy atom. The summed E-state index contributed by atoms with van der Waals surface area (Å²) < 4.78 is 7.62. The van der Waals surface area contributed by atoms with E-state index in [4.69, 9.17) is 9.72 Å². The topological polar surface area (TPSA) is 91.8 Å². The summed E-state index contributed by atoms with van der Waals surface area (Å²) in [5.41, 5.74) is 3.04. The maximum atomic E-state index is 13.3. The number of methoxy groups -OCH3 is 1. The van der Waals surface area contributed by atoms with Crippen molar-refractivity contribution in [1.29, 1.82) is 0 Å². The summed E-state index contributed by atoms with van der Waals surface area (Å²) in [7, 11) is 8.34. The molecule has 2 aromatic carbocycles. The van der Waals surface area contributed by atoms with Crippen LogP contribution in [0.3, 0.4) is 0 Å². The number of rotatable bonds is 8. The number of nitrogens with zero attached hydrogens (tertiary/aromatic N) is 3. The maximum Gasteiger partial charge on any atom is 0.304 e. The average Bonchev–Trinajstić information content (AvgIpc) is 3.35. The number of quaternary nitrogens is 1. The van der Waals surface area contributed by atoms with Crippen molar-refractivity contribution in [3.8, 4) is 5.75 Å². The van der Waals surface area contributed by atoms with Crippen LogP contribution in [0.25, 0.3) is 10.2 Å². The number of ether oxygens (including phenoxy) is 1. The fourth-order valence-electron chi connectivity index (χ4n) is 5.31. The molecule has 5 rings (SSSR count). The minimum Gasteiger partial charge on any atom is -0.495 e. The first-order valence-electron chi connectivity index (χ1n) is 12.2. The zero-order valence-corrected chi connectivity index (χ0v) is 22.0. The van der Waals surface area contributed by atoms with Crippen LogP contribution in [0.15, 0.2) is 36.4 Å². The number of aliphatic carboxylic acids is 1. The number of carboxylic acid groups (broad SMARTS) is 1. The van der Waals surface area contributed by atoms with Crippen LogP contribution < -0.4 is 15.0 Å². The maximum absolute atomic E-state index is 13.3. The third-order valence-electron chi connectivity index (χ3n) is 7.58. The van der Waals surface area contributed by atoms with E-state index in [0.717, 1.165) is 55.4 Å². The Morgan fingerprint density at radius 2 is 1.86 bits per heavy atom. The molecular formula is C27H33N4O4S+. The summed E-state index contributed by atoms with van der Waals surface area (Å²) >= 11 is 1.52. The second-order valence-corrected chi connectivity index (χ2v) is 12.0. The molecule has 2 heterocycles. The van der Waals surface area contributed by atoms with Crippen LogP contribution in [0.4, 0.5) is 5.69 Å². The molecule has 0 atom stereocenters. The molecule has 0 spiro atoms. The third-order valence-corrected chi connectivity index (χ3v) is 8.60. The highest BCUT2D eigenvalue weighted by Gasteiger charge is 2.45. The van der Waals surface area contributed by atoms with E-state index in [-0.39, 0.29) is 18.9 Å². The van der Waals surface area contributed by atoms with Gasteiger partial charge in [-0.1, -0.05) is 24.3 Å². The van der Waals surface area contributed by atoms with Gasteiger partial charge in [0.2, 0.25) is 5.91 Å². The van der Waals surface area contributed by atoms with E-state index in [1.807, 2.05) is 30.3 Å². The van der Waals surface area contributed by atoms with Crippen LogP contribution in [0.2, 0.25) is 0 Å². The van der Waals surface area contributed by atoms with Crippen LogP contribution in [0.5, 0.6) is 5.75 Å². The minimum atomic E-state index is -0.970. The molecule has 0 saturated carbocycles. The summed E-state index contributed by atoms with van der Waals surface area (Å²) in [6.07, 6.45) is 0.676. The largest absolute Gasteiger partial charge is 0.495 e. The Labute approximate surface area is 215 Å². The zero-order chi connectivity index (χ0) is 25.7. The minimum absolute atomic E-state index is 0.196. The van der Waals surface area contributed by atoms with Gasteiger partial charge in [-0.2, -0.15) is 0 Å². The van der Waals surface area contributed by atoms with Crippen molar-refractivity contribution in [3.63, 3.8) is 0 Å². The SMILES string of the molecule is COc1cc2sc(CNC(=O)C3(CC(=O)O)Cc4ccccc4C3)nc2cc1N1CC([N+](C)(C)C)C1. The summed E-state index contributed by atoms with van der Waals surface area (Å²) in [6.45, 7) is 2.19. The van der Waals surface area contributed by atoms with Crippen LogP contribution >= 0.6 is 11.3 Å². The molecule has 1 aliphatic carbocycles. The normalized spacial score (nSPS) is 17.1. The molecule has 9 heteroatoms. The predicted octanol–water partition coefficient (Wildman–Crippen LogP) is 3.08. The lowest BCUT2D eigenvalue weighted by Gasteiger charge is -2.47. The number of hydrogen-bond acceptors (Lipinski definition) is 6. The second-order valence-electron chi connectivity index (χ2n) is 10.9. The number of likely N-dealkylation sites (N-methyl/N-ethyl adjacent to an activating group) is 1. The molecule has 36 heavy (non-hydrogen) atoms. The van der Waals surface area contributed by atoms with E-state index in [1.165, 1.54) is 11.3 Å². The average molecular weight is 510 g/mol. The van der Waals surface area contributed by atoms with Crippen LogP contribution in [0, 0.1) is 5.41 Å². The van der Waals surface area contributed by atoms with Crippen molar-refractivity contribution in [1.82, 2.24) is 10.3 Å². The van der Waals surface area contributed by atoms with Crippen molar-refractivity contribution >= 4 is 39.1 Å². The summed E-state index contributed by atoms with van der Waals surface area (Å²) in [4.78, 5) is 32.1. The third kappa shape index (κ3) is 4.53. The van der Waals surface area contributed by atoms with Gasteiger partial charge in [-0.3, -0.25) is 9.59 Å². The number of nitrogens with one attached hydrogen (secondary N) is 1. The molecule has 3 aromatic rings. The molecule has 2 N–H and O–H groups in total. The first kappa shape index (κ1) is 24.5. The molecule has 0 radical (unpaired) electrons. The van der Waals surface area contributed by atoms with E-state index in [9.17, 15) is 14.7 Å². The number of fused-ring (bicyclic) bond motifs is 2. The van der Waals surface area contributed by atoms with Crippen molar-refractivity contribution in [3.05, 3.63) is 52.5 Å². The summed E-state index contributed by atoms with van der Waals surface area (Å²) in [6, 6.07) is 12.5. The monoisotopic (exact) mass is 509 g/mol. The van der Waals surface area contributed by atoms with Gasteiger partial charge in [0.05, 0.1) is 75.6 Å². The van der Waals surface area contributed by atoms with Crippen molar-refractivity contribution in [2.75, 3.05) is 46.2 Å². The Bertz CT molecular complexity index is 1300. The van der Waals surface area contributed by atoms with Crippen LogP contribution in [-0.2, 0) is 29.0 Å². The molecule has 8 nitrogen and oxygen atoms in total. The number of anilines is 1. The van der Waals surface area contributed by atoms with Crippen molar-refractivity contribution < 1.29 is 23.9 Å². The van der Waals surface area contributed by atoms with E-state index in [0.29, 0.717) is 18.9 Å². The highest BCUT2D eigenvalue weighted by molar-refractivity contribution is 7.18. The molecule has 0 unspecified atom stereocenters. The fourth-order valence-corrected chi connectivity index (χ4v) is 6.23. The lowest BCUT2D eigenvalue weighted by atomic mass is 9.80. The van der Waals surface area contributed by atoms with E-state index in [1.54, 1.807) is 7.11 Å². The first-order chi connectivity index (χ1) is 17.1. The van der Waals surface area contributed by atoms with Gasteiger partial charge < -0.3 is 24.5 Å². The van der Waals surface area contributed by atoms with Crippen LogP contribution in [-0.4, -0.2) is 73.8 Å².